The van der Waals surface area contributed by atoms with Gasteiger partial charge in [0.25, 0.3) is 0 Å². The highest BCUT2D eigenvalue weighted by Gasteiger charge is 2.39. The molecule has 0 aliphatic heterocycles. The summed E-state index contributed by atoms with van der Waals surface area (Å²) in [4.78, 5) is 23.2. The molecule has 76 heavy (non-hydrogen) atoms. The normalized spacial score (nSPS) is 20.7. The first-order valence-electron chi connectivity index (χ1n) is 27.3. The summed E-state index contributed by atoms with van der Waals surface area (Å²) < 4.78 is 53.4. The minimum Gasteiger partial charge on any atom is -0.497 e. The van der Waals surface area contributed by atoms with Crippen LogP contribution in [0.4, 0.5) is 8.78 Å². The maximum Gasteiger partial charge on any atom is 0.306 e. The molecular formula is C66H74F2O8. The Hall–Kier alpha value is -6.68. The van der Waals surface area contributed by atoms with Crippen LogP contribution in [-0.4, -0.2) is 36.4 Å². The number of halogens is 2. The quantitative estimate of drug-likeness (QED) is 0.0986. The van der Waals surface area contributed by atoms with Crippen molar-refractivity contribution in [3.63, 3.8) is 0 Å². The largest absolute Gasteiger partial charge is 0.497 e. The first-order valence-corrected chi connectivity index (χ1v) is 27.3. The molecule has 6 aromatic rings. The SMILES string of the molecule is COc1ccc(F)c(-c2ccc(COc3ccc4c(c3)C([C@H](C)C(=O)O)CC4)cc2C2CCCC2(C)C)c1.COc1ccc(F)c(-c2ccc(COc3ccc4c(c3)C([C@H](C)C(=O)O)CC4)cc2[C@H]2CCCC2(C)C)c1. The molecule has 2 saturated carbocycles. The molecule has 400 valence electrons. The smallest absolute Gasteiger partial charge is 0.306 e. The highest BCUT2D eigenvalue weighted by atomic mass is 19.1. The lowest BCUT2D eigenvalue weighted by Crippen LogP contribution is -2.17. The van der Waals surface area contributed by atoms with Crippen LogP contribution >= 0.6 is 0 Å². The van der Waals surface area contributed by atoms with Crippen molar-refractivity contribution >= 4 is 11.9 Å². The number of carbonyl (C=O) groups is 2. The predicted octanol–water partition coefficient (Wildman–Crippen LogP) is 16.2. The Labute approximate surface area is 447 Å². The number of benzene rings is 6. The van der Waals surface area contributed by atoms with Crippen molar-refractivity contribution in [3.05, 3.63) is 165 Å². The molecule has 10 heteroatoms. The molecular weight excluding hydrogens is 959 g/mol. The zero-order chi connectivity index (χ0) is 54.1. The molecule has 6 aromatic carbocycles. The van der Waals surface area contributed by atoms with Crippen molar-refractivity contribution in [2.24, 2.45) is 22.7 Å². The average molecular weight is 1030 g/mol. The summed E-state index contributed by atoms with van der Waals surface area (Å²) in [5.41, 5.74) is 12.2. The minimum absolute atomic E-state index is 0.0132. The maximum atomic E-state index is 15.1. The number of aryl methyl sites for hydroxylation is 2. The summed E-state index contributed by atoms with van der Waals surface area (Å²) in [7, 11) is 3.20. The van der Waals surface area contributed by atoms with Gasteiger partial charge in [-0.25, -0.2) is 8.78 Å². The third-order valence-corrected chi connectivity index (χ3v) is 17.7. The first kappa shape index (κ1) is 54.1. The molecule has 10 rings (SSSR count). The van der Waals surface area contributed by atoms with E-state index in [1.165, 1.54) is 23.3 Å². The number of ether oxygens (including phenoxy) is 4. The lowest BCUT2D eigenvalue weighted by Gasteiger charge is -2.30. The average Bonchev–Trinajstić information content (AvgIpc) is 4.25. The van der Waals surface area contributed by atoms with Crippen LogP contribution in [0.25, 0.3) is 22.3 Å². The number of hydrogen-bond acceptors (Lipinski definition) is 6. The van der Waals surface area contributed by atoms with Crippen LogP contribution in [-0.2, 0) is 35.6 Å². The van der Waals surface area contributed by atoms with Crippen molar-refractivity contribution in [2.45, 2.75) is 143 Å². The Morgan fingerprint density at radius 2 is 0.908 bits per heavy atom. The van der Waals surface area contributed by atoms with E-state index in [4.69, 9.17) is 18.9 Å². The van der Waals surface area contributed by atoms with Crippen LogP contribution in [0, 0.1) is 34.3 Å². The van der Waals surface area contributed by atoms with Crippen LogP contribution < -0.4 is 18.9 Å². The third-order valence-electron chi connectivity index (χ3n) is 17.7. The number of methoxy groups -OCH3 is 2. The number of carboxylic acid groups (broad SMARTS) is 2. The molecule has 0 aromatic heterocycles. The van der Waals surface area contributed by atoms with E-state index in [9.17, 15) is 19.8 Å². The lowest BCUT2D eigenvalue weighted by atomic mass is 9.75. The number of fused-ring (bicyclic) bond motifs is 2. The zero-order valence-electron chi connectivity index (χ0n) is 45.4. The van der Waals surface area contributed by atoms with Crippen molar-refractivity contribution in [1.82, 2.24) is 0 Å². The van der Waals surface area contributed by atoms with Gasteiger partial charge in [-0.3, -0.25) is 9.59 Å². The van der Waals surface area contributed by atoms with Gasteiger partial charge in [-0.1, -0.05) is 103 Å². The molecule has 4 aliphatic carbocycles. The van der Waals surface area contributed by atoms with E-state index in [0.717, 1.165) is 120 Å². The van der Waals surface area contributed by atoms with Gasteiger partial charge < -0.3 is 29.2 Å². The summed E-state index contributed by atoms with van der Waals surface area (Å²) in [5.74, 6) is 0.564. The van der Waals surface area contributed by atoms with Gasteiger partial charge in [-0.15, -0.1) is 0 Å². The fourth-order valence-corrected chi connectivity index (χ4v) is 13.1. The topological polar surface area (TPSA) is 112 Å². The Morgan fingerprint density at radius 3 is 1.26 bits per heavy atom. The molecule has 4 aliphatic rings. The monoisotopic (exact) mass is 1030 g/mol. The van der Waals surface area contributed by atoms with E-state index in [1.807, 2.05) is 48.5 Å². The Morgan fingerprint density at radius 1 is 0.513 bits per heavy atom. The molecule has 2 fully saturated rings. The van der Waals surface area contributed by atoms with Crippen LogP contribution in [0.2, 0.25) is 0 Å². The maximum absolute atomic E-state index is 15.1. The summed E-state index contributed by atoms with van der Waals surface area (Å²) >= 11 is 0. The Bertz CT molecular complexity index is 2900. The number of carboxylic acids is 2. The standard InChI is InChI=1S/2C33H37FO4/c2*1-20(32(35)36)25-13-9-22-8-10-24(18-27(22)25)38-19-21-7-12-26(29-17-23(37-4)11-14-31(29)34)28(16-21)30-6-5-15-33(30,2)3/h2*7-8,10-12,14,16-18,20,25,30H,5-6,9,13,15,19H2,1-4H3,(H,35,36)/t20-,25?,30?;20-,25?,30+/m00/s1. The predicted molar refractivity (Wildman–Crippen MR) is 295 cm³/mol. The van der Waals surface area contributed by atoms with Gasteiger partial charge in [0.2, 0.25) is 0 Å². The number of hydrogen-bond donors (Lipinski definition) is 2. The van der Waals surface area contributed by atoms with E-state index in [-0.39, 0.29) is 34.3 Å². The third kappa shape index (κ3) is 11.4. The summed E-state index contributed by atoms with van der Waals surface area (Å²) in [6, 6.07) is 34.4. The van der Waals surface area contributed by atoms with E-state index in [0.29, 0.717) is 47.7 Å². The Kier molecular flexibility index (Phi) is 16.0. The van der Waals surface area contributed by atoms with Gasteiger partial charge in [0.15, 0.2) is 0 Å². The van der Waals surface area contributed by atoms with Gasteiger partial charge in [0, 0.05) is 11.1 Å². The molecule has 8 nitrogen and oxygen atoms in total. The molecule has 6 atom stereocenters. The summed E-state index contributed by atoms with van der Waals surface area (Å²) in [6.07, 6.45) is 10.3. The highest BCUT2D eigenvalue weighted by molar-refractivity contribution is 5.74. The number of aliphatic carboxylic acids is 2. The van der Waals surface area contributed by atoms with Gasteiger partial charge in [-0.05, 0) is 202 Å². The van der Waals surface area contributed by atoms with E-state index in [1.54, 1.807) is 52.3 Å². The summed E-state index contributed by atoms with van der Waals surface area (Å²) in [5, 5.41) is 19.1. The van der Waals surface area contributed by atoms with Crippen LogP contribution in [0.15, 0.2) is 109 Å². The fourth-order valence-electron chi connectivity index (χ4n) is 13.1. The van der Waals surface area contributed by atoms with Gasteiger partial charge in [0.05, 0.1) is 26.1 Å². The molecule has 0 bridgehead atoms. The number of rotatable bonds is 16. The molecule has 0 heterocycles. The first-order chi connectivity index (χ1) is 36.3. The molecule has 0 spiro atoms. The van der Waals surface area contributed by atoms with E-state index in [2.05, 4.69) is 52.0 Å². The Balaban J connectivity index is 0.000000186. The van der Waals surface area contributed by atoms with Crippen molar-refractivity contribution in [1.29, 1.82) is 0 Å². The van der Waals surface area contributed by atoms with Crippen LogP contribution in [0.5, 0.6) is 23.0 Å². The molecule has 0 saturated heterocycles. The van der Waals surface area contributed by atoms with Gasteiger partial charge >= 0.3 is 11.9 Å². The zero-order valence-corrected chi connectivity index (χ0v) is 45.4. The second-order valence-electron chi connectivity index (χ2n) is 23.2. The second kappa shape index (κ2) is 22.5. The van der Waals surface area contributed by atoms with E-state index < -0.39 is 23.8 Å². The summed E-state index contributed by atoms with van der Waals surface area (Å²) in [6.45, 7) is 13.6. The van der Waals surface area contributed by atoms with Crippen molar-refractivity contribution in [3.8, 4) is 45.3 Å². The van der Waals surface area contributed by atoms with Crippen molar-refractivity contribution < 1.29 is 47.5 Å². The highest BCUT2D eigenvalue weighted by Crippen LogP contribution is 2.53. The van der Waals surface area contributed by atoms with Crippen molar-refractivity contribution in [2.75, 3.05) is 14.2 Å². The van der Waals surface area contributed by atoms with Crippen LogP contribution in [0.1, 0.15) is 161 Å². The minimum atomic E-state index is -0.760. The van der Waals surface area contributed by atoms with Gasteiger partial charge in [-0.2, -0.15) is 0 Å². The fraction of sp³-hybridized carbons (Fsp3) is 0.424. The molecule has 2 N–H and O–H groups in total. The van der Waals surface area contributed by atoms with E-state index >= 15 is 8.78 Å². The van der Waals surface area contributed by atoms with Crippen LogP contribution in [0.3, 0.4) is 0 Å². The molecule has 0 radical (unpaired) electrons. The molecule has 0 amide bonds. The lowest BCUT2D eigenvalue weighted by molar-refractivity contribution is -0.142. The van der Waals surface area contributed by atoms with Gasteiger partial charge in [0.1, 0.15) is 47.8 Å². The second-order valence-corrected chi connectivity index (χ2v) is 23.2. The molecule has 3 unspecified atom stereocenters.